The normalized spacial score (nSPS) is 20.5. The van der Waals surface area contributed by atoms with Gasteiger partial charge in [0.2, 0.25) is 0 Å². The molecule has 2 aliphatic heterocycles. The number of para-hydroxylation sites is 1. The summed E-state index contributed by atoms with van der Waals surface area (Å²) in [6, 6.07) is 15.8. The molecule has 160 valence electrons. The van der Waals surface area contributed by atoms with E-state index in [1.165, 1.54) is 6.07 Å². The number of hydrogen-bond acceptors (Lipinski definition) is 3. The molecule has 31 heavy (non-hydrogen) atoms. The topological polar surface area (TPSA) is 50.2 Å². The van der Waals surface area contributed by atoms with Gasteiger partial charge in [-0.1, -0.05) is 48.5 Å². The van der Waals surface area contributed by atoms with Crippen molar-refractivity contribution in [3.8, 4) is 0 Å². The lowest BCUT2D eigenvalue weighted by atomic mass is 9.97. The van der Waals surface area contributed by atoms with E-state index in [4.69, 9.17) is 0 Å². The van der Waals surface area contributed by atoms with Crippen LogP contribution in [0.2, 0.25) is 0 Å². The SMILES string of the molecule is O=C(c1cc2n(n1)[C@H](C(F)(F)F)C[C@@H](c1ccccc1)N2)N1CCCc2ccccc21. The van der Waals surface area contributed by atoms with Gasteiger partial charge in [-0.15, -0.1) is 0 Å². The van der Waals surface area contributed by atoms with Gasteiger partial charge >= 0.3 is 6.18 Å². The van der Waals surface area contributed by atoms with Crippen molar-refractivity contribution in [3.63, 3.8) is 0 Å². The van der Waals surface area contributed by atoms with Crippen LogP contribution < -0.4 is 10.2 Å². The number of halogens is 3. The summed E-state index contributed by atoms with van der Waals surface area (Å²) >= 11 is 0. The van der Waals surface area contributed by atoms with Gasteiger partial charge in [0.1, 0.15) is 5.82 Å². The van der Waals surface area contributed by atoms with Crippen molar-refractivity contribution < 1.29 is 18.0 Å². The van der Waals surface area contributed by atoms with Crippen LogP contribution in [0.4, 0.5) is 24.7 Å². The van der Waals surface area contributed by atoms with Crippen LogP contribution in [0.1, 0.15) is 46.5 Å². The summed E-state index contributed by atoms with van der Waals surface area (Å²) in [6.07, 6.45) is -3.00. The molecule has 2 aromatic carbocycles. The second-order valence-corrected chi connectivity index (χ2v) is 7.95. The lowest BCUT2D eigenvalue weighted by Gasteiger charge is -2.33. The van der Waals surface area contributed by atoms with Crippen molar-refractivity contribution in [2.45, 2.75) is 37.5 Å². The molecule has 2 atom stereocenters. The molecule has 2 aliphatic rings. The number of anilines is 2. The quantitative estimate of drug-likeness (QED) is 0.618. The Kier molecular flexibility index (Phi) is 4.72. The highest BCUT2D eigenvalue weighted by molar-refractivity contribution is 6.06. The van der Waals surface area contributed by atoms with Crippen LogP contribution in [0.25, 0.3) is 0 Å². The average Bonchev–Trinajstić information content (AvgIpc) is 3.21. The number of carbonyl (C=O) groups excluding carboxylic acids is 1. The number of nitrogens with one attached hydrogen (secondary N) is 1. The smallest absolute Gasteiger partial charge is 0.363 e. The van der Waals surface area contributed by atoms with Crippen molar-refractivity contribution in [2.75, 3.05) is 16.8 Å². The Morgan fingerprint density at radius 1 is 1.06 bits per heavy atom. The van der Waals surface area contributed by atoms with Gasteiger partial charge in [-0.25, -0.2) is 4.68 Å². The molecule has 0 spiro atoms. The van der Waals surface area contributed by atoms with Crippen molar-refractivity contribution in [2.24, 2.45) is 0 Å². The maximum Gasteiger partial charge on any atom is 0.410 e. The van der Waals surface area contributed by atoms with Crippen LogP contribution in [0.3, 0.4) is 0 Å². The molecule has 0 aliphatic carbocycles. The molecule has 0 saturated carbocycles. The van der Waals surface area contributed by atoms with Gasteiger partial charge in [-0.05, 0) is 30.0 Å². The van der Waals surface area contributed by atoms with E-state index in [0.717, 1.165) is 34.3 Å². The molecule has 0 bridgehead atoms. The van der Waals surface area contributed by atoms with Crippen LogP contribution in [-0.4, -0.2) is 28.4 Å². The van der Waals surface area contributed by atoms with Crippen molar-refractivity contribution >= 4 is 17.4 Å². The third-order valence-corrected chi connectivity index (χ3v) is 5.97. The summed E-state index contributed by atoms with van der Waals surface area (Å²) in [5.74, 6) is -0.177. The fourth-order valence-corrected chi connectivity index (χ4v) is 4.46. The van der Waals surface area contributed by atoms with E-state index >= 15 is 0 Å². The van der Waals surface area contributed by atoms with E-state index in [1.54, 1.807) is 29.2 Å². The number of nitrogens with zero attached hydrogens (tertiary/aromatic N) is 3. The summed E-state index contributed by atoms with van der Waals surface area (Å²) in [5.41, 5.74) is 2.64. The lowest BCUT2D eigenvalue weighted by Crippen LogP contribution is -2.37. The predicted octanol–water partition coefficient (Wildman–Crippen LogP) is 5.14. The Hall–Kier alpha value is -3.29. The monoisotopic (exact) mass is 426 g/mol. The molecule has 8 heteroatoms. The molecule has 0 fully saturated rings. The Bertz CT molecular complexity index is 1110. The Labute approximate surface area is 177 Å². The predicted molar refractivity (Wildman–Crippen MR) is 111 cm³/mol. The number of alkyl halides is 3. The van der Waals surface area contributed by atoms with Crippen LogP contribution in [0.15, 0.2) is 60.7 Å². The third kappa shape index (κ3) is 3.56. The second kappa shape index (κ2) is 7.44. The number of aryl methyl sites for hydroxylation is 1. The average molecular weight is 426 g/mol. The molecular formula is C23H21F3N4O. The first-order chi connectivity index (χ1) is 14.9. The first-order valence-electron chi connectivity index (χ1n) is 10.3. The molecule has 3 aromatic rings. The van der Waals surface area contributed by atoms with Gasteiger partial charge in [0, 0.05) is 24.7 Å². The van der Waals surface area contributed by atoms with Crippen molar-refractivity contribution in [3.05, 3.63) is 77.5 Å². The summed E-state index contributed by atoms with van der Waals surface area (Å²) in [4.78, 5) is 14.8. The van der Waals surface area contributed by atoms with E-state index in [-0.39, 0.29) is 23.8 Å². The zero-order valence-corrected chi connectivity index (χ0v) is 16.6. The molecule has 5 rings (SSSR count). The summed E-state index contributed by atoms with van der Waals surface area (Å²) in [5, 5.41) is 7.26. The maximum atomic E-state index is 13.9. The molecule has 1 N–H and O–H groups in total. The standard InChI is InChI=1S/C23H21F3N4O/c24-23(25,26)20-13-17(15-7-2-1-3-8-15)27-21-14-18(28-30(20)21)22(31)29-12-6-10-16-9-4-5-11-19(16)29/h1-5,7-9,11,14,17,20,27H,6,10,12-13H2/t17-,20-/m0/s1. The van der Waals surface area contributed by atoms with E-state index < -0.39 is 18.3 Å². The van der Waals surface area contributed by atoms with Crippen LogP contribution in [-0.2, 0) is 6.42 Å². The van der Waals surface area contributed by atoms with Gasteiger partial charge in [0.25, 0.3) is 5.91 Å². The number of benzene rings is 2. The number of aromatic nitrogens is 2. The summed E-state index contributed by atoms with van der Waals surface area (Å²) in [7, 11) is 0. The molecule has 3 heterocycles. The Morgan fingerprint density at radius 3 is 2.58 bits per heavy atom. The molecule has 5 nitrogen and oxygen atoms in total. The third-order valence-electron chi connectivity index (χ3n) is 5.97. The highest BCUT2D eigenvalue weighted by atomic mass is 19.4. The molecule has 0 radical (unpaired) electrons. The summed E-state index contributed by atoms with van der Waals surface area (Å²) in [6.45, 7) is 0.515. The fraction of sp³-hybridized carbons (Fsp3) is 0.304. The molecule has 0 unspecified atom stereocenters. The van der Waals surface area contributed by atoms with E-state index in [0.29, 0.717) is 6.54 Å². The molecule has 1 amide bonds. The number of rotatable bonds is 2. The van der Waals surface area contributed by atoms with Crippen LogP contribution >= 0.6 is 0 Å². The molecule has 1 aromatic heterocycles. The first kappa shape index (κ1) is 19.7. The highest BCUT2D eigenvalue weighted by Crippen LogP contribution is 2.43. The van der Waals surface area contributed by atoms with E-state index in [9.17, 15) is 18.0 Å². The zero-order chi connectivity index (χ0) is 21.6. The highest BCUT2D eigenvalue weighted by Gasteiger charge is 2.47. The van der Waals surface area contributed by atoms with Gasteiger partial charge in [0.15, 0.2) is 11.7 Å². The van der Waals surface area contributed by atoms with E-state index in [2.05, 4.69) is 10.4 Å². The number of hydrogen-bond donors (Lipinski definition) is 1. The minimum absolute atomic E-state index is 0.0159. The van der Waals surface area contributed by atoms with Gasteiger partial charge in [0.05, 0.1) is 6.04 Å². The zero-order valence-electron chi connectivity index (χ0n) is 16.6. The van der Waals surface area contributed by atoms with Gasteiger partial charge < -0.3 is 10.2 Å². The largest absolute Gasteiger partial charge is 0.410 e. The molecular weight excluding hydrogens is 405 g/mol. The van der Waals surface area contributed by atoms with Crippen LogP contribution in [0.5, 0.6) is 0 Å². The Balaban J connectivity index is 1.50. The maximum absolute atomic E-state index is 13.9. The van der Waals surface area contributed by atoms with Gasteiger partial charge in [-0.2, -0.15) is 18.3 Å². The lowest BCUT2D eigenvalue weighted by molar-refractivity contribution is -0.173. The minimum Gasteiger partial charge on any atom is -0.363 e. The minimum atomic E-state index is -4.48. The van der Waals surface area contributed by atoms with Crippen LogP contribution in [0, 0.1) is 0 Å². The number of fused-ring (bicyclic) bond motifs is 2. The van der Waals surface area contributed by atoms with Crippen molar-refractivity contribution in [1.82, 2.24) is 9.78 Å². The number of amides is 1. The molecule has 0 saturated heterocycles. The van der Waals surface area contributed by atoms with Crippen molar-refractivity contribution in [1.29, 1.82) is 0 Å². The van der Waals surface area contributed by atoms with Gasteiger partial charge in [-0.3, -0.25) is 4.79 Å². The second-order valence-electron chi connectivity index (χ2n) is 7.95. The number of carbonyl (C=O) groups is 1. The fourth-order valence-electron chi connectivity index (χ4n) is 4.46. The first-order valence-corrected chi connectivity index (χ1v) is 10.3. The summed E-state index contributed by atoms with van der Waals surface area (Å²) < 4.78 is 42.6. The Morgan fingerprint density at radius 2 is 1.81 bits per heavy atom. The van der Waals surface area contributed by atoms with E-state index in [1.807, 2.05) is 30.3 Å².